The van der Waals surface area contributed by atoms with Crippen LogP contribution in [0.3, 0.4) is 0 Å². The Labute approximate surface area is 135 Å². The summed E-state index contributed by atoms with van der Waals surface area (Å²) in [5.74, 6) is 0. The molecule has 0 radical (unpaired) electrons. The fraction of sp³-hybridized carbons (Fsp3) is 0.474. The molecule has 0 saturated carbocycles. The van der Waals surface area contributed by atoms with Crippen molar-refractivity contribution < 1.29 is 13.2 Å². The number of hydrogen-bond acceptors (Lipinski definition) is 1. The van der Waals surface area contributed by atoms with E-state index in [1.54, 1.807) is 12.1 Å². The van der Waals surface area contributed by atoms with Gasteiger partial charge in [-0.15, -0.1) is 0 Å². The number of rotatable bonds is 7. The molecule has 0 amide bonds. The largest absolute Gasteiger partial charge is 0.407 e. The average Bonchev–Trinajstić information content (AvgIpc) is 2.52. The molecule has 0 fully saturated rings. The van der Waals surface area contributed by atoms with Crippen LogP contribution in [0.4, 0.5) is 13.2 Å². The summed E-state index contributed by atoms with van der Waals surface area (Å²) in [6, 6.07) is 8.79. The van der Waals surface area contributed by atoms with Gasteiger partial charge in [0.05, 0.1) is 0 Å². The van der Waals surface area contributed by atoms with Crippen LogP contribution in [-0.2, 0) is 6.42 Å². The van der Waals surface area contributed by atoms with Crippen LogP contribution in [0.5, 0.6) is 0 Å². The van der Waals surface area contributed by atoms with Gasteiger partial charge in [-0.05, 0) is 40.8 Å². The van der Waals surface area contributed by atoms with E-state index in [2.05, 4.69) is 13.0 Å². The van der Waals surface area contributed by atoms with Crippen LogP contribution in [0.25, 0.3) is 10.8 Å². The smallest absolute Gasteiger partial charge is 0.316 e. The van der Waals surface area contributed by atoms with Crippen LogP contribution in [-0.4, -0.2) is 6.18 Å². The predicted octanol–water partition coefficient (Wildman–Crippen LogP) is 5.91. The van der Waals surface area contributed by atoms with E-state index in [0.29, 0.717) is 0 Å². The lowest BCUT2D eigenvalue weighted by Gasteiger charge is -2.16. The molecular formula is C19H24F3N. The van der Waals surface area contributed by atoms with Gasteiger partial charge >= 0.3 is 6.18 Å². The lowest BCUT2D eigenvalue weighted by Crippen LogP contribution is -2.28. The van der Waals surface area contributed by atoms with E-state index in [4.69, 9.17) is 5.73 Å². The summed E-state index contributed by atoms with van der Waals surface area (Å²) in [5.41, 5.74) is 6.62. The van der Waals surface area contributed by atoms with Gasteiger partial charge in [-0.1, -0.05) is 62.9 Å². The van der Waals surface area contributed by atoms with Crippen LogP contribution in [0.2, 0.25) is 0 Å². The minimum Gasteiger partial charge on any atom is -0.316 e. The Morgan fingerprint density at radius 2 is 1.57 bits per heavy atom. The highest BCUT2D eigenvalue weighted by atomic mass is 19.4. The summed E-state index contributed by atoms with van der Waals surface area (Å²) in [7, 11) is 0. The highest BCUT2D eigenvalue weighted by Crippen LogP contribution is 2.32. The van der Waals surface area contributed by atoms with Crippen LogP contribution in [0, 0.1) is 0 Å². The van der Waals surface area contributed by atoms with E-state index in [1.807, 2.05) is 12.1 Å². The summed E-state index contributed by atoms with van der Waals surface area (Å²) in [4.78, 5) is 0. The average molecular weight is 323 g/mol. The second-order valence-electron chi connectivity index (χ2n) is 6.12. The van der Waals surface area contributed by atoms with Crippen LogP contribution in [0.15, 0.2) is 36.4 Å². The van der Waals surface area contributed by atoms with Gasteiger partial charge < -0.3 is 5.73 Å². The first-order chi connectivity index (χ1) is 10.9. The van der Waals surface area contributed by atoms with Gasteiger partial charge in [-0.2, -0.15) is 13.2 Å². The second kappa shape index (κ2) is 7.82. The molecule has 23 heavy (non-hydrogen) atoms. The molecule has 4 heteroatoms. The number of halogens is 3. The minimum atomic E-state index is -4.41. The Hall–Kier alpha value is -1.55. The van der Waals surface area contributed by atoms with Crippen molar-refractivity contribution in [3.05, 3.63) is 47.5 Å². The number of fused-ring (bicyclic) bond motifs is 1. The molecule has 0 bridgehead atoms. The third kappa shape index (κ3) is 4.96. The predicted molar refractivity (Wildman–Crippen MR) is 89.4 cm³/mol. The number of benzene rings is 2. The molecule has 2 N–H and O–H groups in total. The highest BCUT2D eigenvalue weighted by molar-refractivity contribution is 5.84. The first-order valence-electron chi connectivity index (χ1n) is 8.26. The van der Waals surface area contributed by atoms with E-state index < -0.39 is 12.2 Å². The van der Waals surface area contributed by atoms with Gasteiger partial charge in [0.15, 0.2) is 0 Å². The van der Waals surface area contributed by atoms with Crippen molar-refractivity contribution in [3.63, 3.8) is 0 Å². The lowest BCUT2D eigenvalue weighted by atomic mass is 9.98. The molecule has 0 spiro atoms. The number of alkyl halides is 3. The zero-order chi connectivity index (χ0) is 16.9. The first-order valence-corrected chi connectivity index (χ1v) is 8.26. The molecule has 0 aliphatic rings. The Balaban J connectivity index is 2.07. The third-order valence-electron chi connectivity index (χ3n) is 4.21. The van der Waals surface area contributed by atoms with E-state index in [0.717, 1.165) is 23.6 Å². The van der Waals surface area contributed by atoms with Crippen molar-refractivity contribution >= 4 is 10.8 Å². The summed E-state index contributed by atoms with van der Waals surface area (Å²) >= 11 is 0. The Bertz CT molecular complexity index is 634. The van der Waals surface area contributed by atoms with Gasteiger partial charge in [0, 0.05) is 0 Å². The summed E-state index contributed by atoms with van der Waals surface area (Å²) < 4.78 is 38.1. The molecule has 126 valence electrons. The number of unbranched alkanes of at least 4 members (excludes halogenated alkanes) is 4. The lowest BCUT2D eigenvalue weighted by molar-refractivity contribution is -0.149. The molecule has 2 aromatic rings. The van der Waals surface area contributed by atoms with Crippen LogP contribution >= 0.6 is 0 Å². The van der Waals surface area contributed by atoms with Crippen LogP contribution in [0.1, 0.15) is 56.2 Å². The third-order valence-corrected chi connectivity index (χ3v) is 4.21. The molecule has 0 heterocycles. The Kier molecular flexibility index (Phi) is 6.05. The summed E-state index contributed by atoms with van der Waals surface area (Å²) in [6.07, 6.45) is 2.77. The fourth-order valence-electron chi connectivity index (χ4n) is 2.78. The van der Waals surface area contributed by atoms with Crippen molar-refractivity contribution in [3.8, 4) is 0 Å². The van der Waals surface area contributed by atoms with Gasteiger partial charge in [0.25, 0.3) is 0 Å². The quantitative estimate of drug-likeness (QED) is 0.629. The molecule has 0 aliphatic heterocycles. The molecule has 0 aliphatic carbocycles. The van der Waals surface area contributed by atoms with Crippen LogP contribution < -0.4 is 5.73 Å². The monoisotopic (exact) mass is 323 g/mol. The highest BCUT2D eigenvalue weighted by Gasteiger charge is 2.37. The molecule has 1 nitrogen and oxygen atoms in total. The van der Waals surface area contributed by atoms with Gasteiger partial charge in [-0.3, -0.25) is 0 Å². The molecule has 2 aromatic carbocycles. The molecule has 1 atom stereocenters. The standard InChI is InChI=1S/C19H24F3N/c1-2-3-4-5-6-7-14-8-9-16-13-17(11-10-15(16)12-14)18(23)19(20,21)22/h8-13,18H,2-7,23H2,1H3/t18-/m0/s1. The molecule has 2 rings (SSSR count). The number of aryl methyl sites for hydroxylation is 1. The maximum absolute atomic E-state index is 12.7. The molecule has 0 saturated heterocycles. The van der Waals surface area contributed by atoms with E-state index in [1.165, 1.54) is 37.3 Å². The van der Waals surface area contributed by atoms with Crippen molar-refractivity contribution in [1.29, 1.82) is 0 Å². The Morgan fingerprint density at radius 3 is 2.26 bits per heavy atom. The second-order valence-corrected chi connectivity index (χ2v) is 6.12. The van der Waals surface area contributed by atoms with E-state index in [9.17, 15) is 13.2 Å². The molecule has 0 aromatic heterocycles. The number of nitrogens with two attached hydrogens (primary N) is 1. The summed E-state index contributed by atoms with van der Waals surface area (Å²) in [5, 5.41) is 1.77. The van der Waals surface area contributed by atoms with Gasteiger partial charge in [0.1, 0.15) is 6.04 Å². The maximum atomic E-state index is 12.7. The van der Waals surface area contributed by atoms with Crippen molar-refractivity contribution in [2.45, 2.75) is 57.7 Å². The molecular weight excluding hydrogens is 299 g/mol. The zero-order valence-electron chi connectivity index (χ0n) is 13.5. The van der Waals surface area contributed by atoms with Gasteiger partial charge in [-0.25, -0.2) is 0 Å². The minimum absolute atomic E-state index is 0.109. The normalized spacial score (nSPS) is 13.4. The van der Waals surface area contributed by atoms with E-state index in [-0.39, 0.29) is 5.56 Å². The first kappa shape index (κ1) is 17.8. The summed E-state index contributed by atoms with van der Waals surface area (Å²) in [6.45, 7) is 2.20. The Morgan fingerprint density at radius 1 is 0.913 bits per heavy atom. The maximum Gasteiger partial charge on any atom is 0.407 e. The van der Waals surface area contributed by atoms with Crippen molar-refractivity contribution in [2.75, 3.05) is 0 Å². The van der Waals surface area contributed by atoms with E-state index >= 15 is 0 Å². The van der Waals surface area contributed by atoms with Gasteiger partial charge in [0.2, 0.25) is 0 Å². The topological polar surface area (TPSA) is 26.0 Å². The number of hydrogen-bond donors (Lipinski definition) is 1. The zero-order valence-corrected chi connectivity index (χ0v) is 13.5. The SMILES string of the molecule is CCCCCCCc1ccc2cc([C@H](N)C(F)(F)F)ccc2c1. The molecule has 0 unspecified atom stereocenters. The van der Waals surface area contributed by atoms with Crippen molar-refractivity contribution in [2.24, 2.45) is 5.73 Å². The fourth-order valence-corrected chi connectivity index (χ4v) is 2.78. The van der Waals surface area contributed by atoms with Crippen molar-refractivity contribution in [1.82, 2.24) is 0 Å².